The van der Waals surface area contributed by atoms with Gasteiger partial charge in [-0.3, -0.25) is 9.36 Å². The standard InChI is InChI=1S/C16H22N4O2S/c1-11(2)19-8-7-17-13(19)10-23-16-18-14(21)9-15(22)20(16)12-5-3-4-6-12/h7-9,11-12,21H,3-6,10H2,1-2H3. The van der Waals surface area contributed by atoms with Crippen LogP contribution in [0.5, 0.6) is 5.88 Å². The predicted molar refractivity (Wildman–Crippen MR) is 89.8 cm³/mol. The fraction of sp³-hybridized carbons (Fsp3) is 0.562. The highest BCUT2D eigenvalue weighted by Gasteiger charge is 2.22. The van der Waals surface area contributed by atoms with Crippen LogP contribution in [0.2, 0.25) is 0 Å². The Labute approximate surface area is 139 Å². The lowest BCUT2D eigenvalue weighted by Crippen LogP contribution is -2.25. The van der Waals surface area contributed by atoms with Gasteiger partial charge in [0.15, 0.2) is 5.16 Å². The van der Waals surface area contributed by atoms with Gasteiger partial charge in [-0.2, -0.15) is 4.98 Å². The van der Waals surface area contributed by atoms with Crippen LogP contribution in [0.3, 0.4) is 0 Å². The molecule has 7 heteroatoms. The fourth-order valence-electron chi connectivity index (χ4n) is 3.11. The van der Waals surface area contributed by atoms with Gasteiger partial charge in [0.2, 0.25) is 5.88 Å². The van der Waals surface area contributed by atoms with Crippen molar-refractivity contribution in [2.45, 2.75) is 62.5 Å². The highest BCUT2D eigenvalue weighted by molar-refractivity contribution is 7.98. The Balaban J connectivity index is 1.87. The van der Waals surface area contributed by atoms with Crippen molar-refractivity contribution in [3.63, 3.8) is 0 Å². The van der Waals surface area contributed by atoms with E-state index in [0.717, 1.165) is 31.5 Å². The van der Waals surface area contributed by atoms with E-state index in [1.807, 2.05) is 6.20 Å². The molecule has 1 aliphatic carbocycles. The lowest BCUT2D eigenvalue weighted by atomic mass is 10.2. The number of thioether (sulfide) groups is 1. The molecule has 2 heterocycles. The van der Waals surface area contributed by atoms with Gasteiger partial charge in [0.05, 0.1) is 11.8 Å². The van der Waals surface area contributed by atoms with Crippen molar-refractivity contribution in [3.8, 4) is 5.88 Å². The maximum atomic E-state index is 12.3. The van der Waals surface area contributed by atoms with Gasteiger partial charge in [0, 0.05) is 24.5 Å². The van der Waals surface area contributed by atoms with Crippen LogP contribution in [0.25, 0.3) is 0 Å². The first-order valence-electron chi connectivity index (χ1n) is 8.03. The fourth-order valence-corrected chi connectivity index (χ4v) is 4.13. The molecule has 0 unspecified atom stereocenters. The van der Waals surface area contributed by atoms with Crippen LogP contribution in [0, 0.1) is 0 Å². The Bertz CT molecular complexity index is 732. The van der Waals surface area contributed by atoms with Crippen LogP contribution in [-0.4, -0.2) is 24.2 Å². The molecule has 0 spiro atoms. The number of rotatable bonds is 5. The molecule has 2 aromatic heterocycles. The van der Waals surface area contributed by atoms with Gasteiger partial charge in [-0.1, -0.05) is 24.6 Å². The minimum absolute atomic E-state index is 0.167. The largest absolute Gasteiger partial charge is 0.493 e. The molecule has 1 N–H and O–H groups in total. The highest BCUT2D eigenvalue weighted by atomic mass is 32.2. The molecule has 6 nitrogen and oxygen atoms in total. The Morgan fingerprint density at radius 2 is 2.13 bits per heavy atom. The average molecular weight is 334 g/mol. The number of hydrogen-bond donors (Lipinski definition) is 1. The van der Waals surface area contributed by atoms with Gasteiger partial charge >= 0.3 is 0 Å². The summed E-state index contributed by atoms with van der Waals surface area (Å²) < 4.78 is 3.86. The number of imidazole rings is 1. The summed E-state index contributed by atoms with van der Waals surface area (Å²) in [6.45, 7) is 4.22. The molecular weight excluding hydrogens is 312 g/mol. The van der Waals surface area contributed by atoms with Crippen molar-refractivity contribution in [1.82, 2.24) is 19.1 Å². The Hall–Kier alpha value is -1.76. The van der Waals surface area contributed by atoms with E-state index in [0.29, 0.717) is 17.0 Å². The molecule has 1 aliphatic rings. The van der Waals surface area contributed by atoms with Crippen molar-refractivity contribution in [2.75, 3.05) is 0 Å². The van der Waals surface area contributed by atoms with Crippen molar-refractivity contribution in [2.24, 2.45) is 0 Å². The van der Waals surface area contributed by atoms with Crippen molar-refractivity contribution in [1.29, 1.82) is 0 Å². The van der Waals surface area contributed by atoms with E-state index in [1.165, 1.54) is 17.8 Å². The topological polar surface area (TPSA) is 72.9 Å². The summed E-state index contributed by atoms with van der Waals surface area (Å²) in [6.07, 6.45) is 8.02. The van der Waals surface area contributed by atoms with Crippen LogP contribution in [0.4, 0.5) is 0 Å². The van der Waals surface area contributed by atoms with E-state index in [2.05, 4.69) is 28.4 Å². The average Bonchev–Trinajstić information content (AvgIpc) is 3.15. The Morgan fingerprint density at radius 1 is 1.39 bits per heavy atom. The zero-order valence-electron chi connectivity index (χ0n) is 13.5. The SMILES string of the molecule is CC(C)n1ccnc1CSc1nc(O)cc(=O)n1C1CCCC1. The predicted octanol–water partition coefficient (Wildman–Crippen LogP) is 3.13. The van der Waals surface area contributed by atoms with E-state index in [4.69, 9.17) is 0 Å². The quantitative estimate of drug-likeness (QED) is 0.672. The monoisotopic (exact) mass is 334 g/mol. The highest BCUT2D eigenvalue weighted by Crippen LogP contribution is 2.32. The molecule has 0 aliphatic heterocycles. The molecule has 0 radical (unpaired) electrons. The van der Waals surface area contributed by atoms with Crippen molar-refractivity contribution >= 4 is 11.8 Å². The number of aromatic hydroxyl groups is 1. The summed E-state index contributed by atoms with van der Waals surface area (Å²) >= 11 is 1.46. The molecule has 0 atom stereocenters. The third-order valence-electron chi connectivity index (χ3n) is 4.23. The van der Waals surface area contributed by atoms with Crippen LogP contribution in [-0.2, 0) is 5.75 Å². The van der Waals surface area contributed by atoms with E-state index in [1.54, 1.807) is 10.8 Å². The summed E-state index contributed by atoms with van der Waals surface area (Å²) in [4.78, 5) is 20.9. The first-order valence-corrected chi connectivity index (χ1v) is 9.02. The molecule has 0 bridgehead atoms. The molecule has 0 aromatic carbocycles. The molecule has 3 rings (SSSR count). The van der Waals surface area contributed by atoms with E-state index < -0.39 is 0 Å². The van der Waals surface area contributed by atoms with Crippen molar-refractivity contribution < 1.29 is 5.11 Å². The normalized spacial score (nSPS) is 15.6. The van der Waals surface area contributed by atoms with Crippen LogP contribution < -0.4 is 5.56 Å². The van der Waals surface area contributed by atoms with E-state index in [-0.39, 0.29) is 17.5 Å². The van der Waals surface area contributed by atoms with E-state index in [9.17, 15) is 9.90 Å². The second-order valence-electron chi connectivity index (χ2n) is 6.18. The number of nitrogens with zero attached hydrogens (tertiary/aromatic N) is 4. The van der Waals surface area contributed by atoms with Crippen LogP contribution in [0.1, 0.15) is 57.4 Å². The zero-order valence-corrected chi connectivity index (χ0v) is 14.3. The van der Waals surface area contributed by atoms with Gasteiger partial charge < -0.3 is 9.67 Å². The molecule has 124 valence electrons. The summed E-state index contributed by atoms with van der Waals surface area (Å²) in [5, 5.41) is 10.3. The maximum Gasteiger partial charge on any atom is 0.258 e. The van der Waals surface area contributed by atoms with Gasteiger partial charge in [-0.25, -0.2) is 4.98 Å². The summed E-state index contributed by atoms with van der Waals surface area (Å²) in [6, 6.07) is 1.74. The molecule has 23 heavy (non-hydrogen) atoms. The zero-order chi connectivity index (χ0) is 16.4. The maximum absolute atomic E-state index is 12.3. The lowest BCUT2D eigenvalue weighted by Gasteiger charge is -2.18. The number of hydrogen-bond acceptors (Lipinski definition) is 5. The second-order valence-corrected chi connectivity index (χ2v) is 7.12. The third kappa shape index (κ3) is 3.44. The second kappa shape index (κ2) is 6.78. The first kappa shape index (κ1) is 16.1. The molecule has 0 amide bonds. The van der Waals surface area contributed by atoms with Crippen LogP contribution in [0.15, 0.2) is 28.4 Å². The van der Waals surface area contributed by atoms with E-state index >= 15 is 0 Å². The molecular formula is C16H22N4O2S. The third-order valence-corrected chi connectivity index (χ3v) is 5.18. The molecule has 0 saturated heterocycles. The summed E-state index contributed by atoms with van der Waals surface area (Å²) in [7, 11) is 0. The molecule has 1 saturated carbocycles. The smallest absolute Gasteiger partial charge is 0.258 e. The summed E-state index contributed by atoms with van der Waals surface area (Å²) in [5.41, 5.74) is -0.167. The number of aromatic nitrogens is 4. The van der Waals surface area contributed by atoms with Gasteiger partial charge in [-0.05, 0) is 26.7 Å². The van der Waals surface area contributed by atoms with Gasteiger partial charge in [-0.15, -0.1) is 0 Å². The van der Waals surface area contributed by atoms with Crippen molar-refractivity contribution in [3.05, 3.63) is 34.6 Å². The lowest BCUT2D eigenvalue weighted by molar-refractivity contribution is 0.406. The minimum atomic E-state index is -0.209. The first-order chi connectivity index (χ1) is 11.1. The molecule has 2 aromatic rings. The van der Waals surface area contributed by atoms with Gasteiger partial charge in [0.1, 0.15) is 5.82 Å². The van der Waals surface area contributed by atoms with Crippen LogP contribution >= 0.6 is 11.8 Å². The molecule has 1 fully saturated rings. The summed E-state index contributed by atoms with van der Waals surface area (Å²) in [5.74, 6) is 1.35. The van der Waals surface area contributed by atoms with Gasteiger partial charge in [0.25, 0.3) is 5.56 Å². The Morgan fingerprint density at radius 3 is 2.83 bits per heavy atom. The Kier molecular flexibility index (Phi) is 4.75. The minimum Gasteiger partial charge on any atom is -0.493 e.